The molecule has 0 aromatic carbocycles. The van der Waals surface area contributed by atoms with E-state index in [0.29, 0.717) is 26.2 Å². The van der Waals surface area contributed by atoms with Crippen LogP contribution in [0.5, 0.6) is 0 Å². The van der Waals surface area contributed by atoms with Crippen molar-refractivity contribution in [1.29, 1.82) is 0 Å². The van der Waals surface area contributed by atoms with Crippen LogP contribution in [0.2, 0.25) is 0 Å². The van der Waals surface area contributed by atoms with Crippen molar-refractivity contribution in [2.24, 2.45) is 5.92 Å². The van der Waals surface area contributed by atoms with E-state index in [2.05, 4.69) is 15.2 Å². The first kappa shape index (κ1) is 17.7. The van der Waals surface area contributed by atoms with Crippen molar-refractivity contribution in [3.05, 3.63) is 23.9 Å². The Bertz CT molecular complexity index is 616. The third-order valence-electron chi connectivity index (χ3n) is 4.86. The van der Waals surface area contributed by atoms with Crippen molar-refractivity contribution < 1.29 is 14.3 Å². The summed E-state index contributed by atoms with van der Waals surface area (Å²) in [7, 11) is 1.61. The fraction of sp³-hybridized carbons (Fsp3) is 0.611. The maximum absolute atomic E-state index is 12.4. The molecule has 0 spiro atoms. The fourth-order valence-electron chi connectivity index (χ4n) is 3.39. The van der Waals surface area contributed by atoms with Gasteiger partial charge in [-0.25, -0.2) is 4.98 Å². The van der Waals surface area contributed by atoms with Gasteiger partial charge in [0, 0.05) is 52.5 Å². The molecule has 3 heterocycles. The lowest BCUT2D eigenvalue weighted by Crippen LogP contribution is -2.33. The van der Waals surface area contributed by atoms with Gasteiger partial charge >= 0.3 is 0 Å². The zero-order chi connectivity index (χ0) is 17.6. The van der Waals surface area contributed by atoms with Gasteiger partial charge in [0.05, 0.1) is 12.5 Å². The van der Waals surface area contributed by atoms with E-state index >= 15 is 0 Å². The lowest BCUT2D eigenvalue weighted by molar-refractivity contribution is -0.129. The predicted molar refractivity (Wildman–Crippen MR) is 94.1 cm³/mol. The number of pyridine rings is 1. The number of aromatic nitrogens is 1. The summed E-state index contributed by atoms with van der Waals surface area (Å²) >= 11 is 0. The number of likely N-dealkylation sites (tertiary alicyclic amines) is 1. The molecular weight excluding hydrogens is 320 g/mol. The highest BCUT2D eigenvalue weighted by atomic mass is 16.5. The second-order valence-electron chi connectivity index (χ2n) is 6.67. The van der Waals surface area contributed by atoms with Crippen LogP contribution in [0.25, 0.3) is 0 Å². The number of hydrogen-bond donors (Lipinski definition) is 1. The van der Waals surface area contributed by atoms with Crippen LogP contribution in [0.1, 0.15) is 24.8 Å². The van der Waals surface area contributed by atoms with E-state index in [9.17, 15) is 9.59 Å². The molecule has 1 aromatic rings. The largest absolute Gasteiger partial charge is 0.383 e. The third kappa shape index (κ3) is 4.48. The summed E-state index contributed by atoms with van der Waals surface area (Å²) in [5, 5.41) is 2.96. The first-order valence-corrected chi connectivity index (χ1v) is 8.91. The average Bonchev–Trinajstić information content (AvgIpc) is 3.28. The highest BCUT2D eigenvalue weighted by molar-refractivity contribution is 5.89. The molecule has 2 fully saturated rings. The number of carbonyl (C=O) groups excluding carboxylic acids is 2. The van der Waals surface area contributed by atoms with Crippen molar-refractivity contribution in [2.75, 3.05) is 44.8 Å². The van der Waals surface area contributed by atoms with Gasteiger partial charge in [0.1, 0.15) is 5.82 Å². The molecule has 1 N–H and O–H groups in total. The molecular formula is C18H26N4O3. The maximum atomic E-state index is 12.4. The van der Waals surface area contributed by atoms with Crippen molar-refractivity contribution in [3.8, 4) is 0 Å². The monoisotopic (exact) mass is 346 g/mol. The quantitative estimate of drug-likeness (QED) is 0.790. The summed E-state index contributed by atoms with van der Waals surface area (Å²) in [5.41, 5.74) is 1.03. The van der Waals surface area contributed by atoms with Gasteiger partial charge in [0.25, 0.3) is 0 Å². The van der Waals surface area contributed by atoms with Crippen LogP contribution < -0.4 is 10.2 Å². The minimum Gasteiger partial charge on any atom is -0.383 e. The van der Waals surface area contributed by atoms with Gasteiger partial charge in [0.2, 0.25) is 11.8 Å². The number of rotatable bonds is 7. The molecule has 3 rings (SSSR count). The van der Waals surface area contributed by atoms with Gasteiger partial charge < -0.3 is 19.9 Å². The molecule has 2 aliphatic rings. The van der Waals surface area contributed by atoms with E-state index in [1.807, 2.05) is 12.1 Å². The second kappa shape index (κ2) is 8.29. The molecule has 0 radical (unpaired) electrons. The standard InChI is InChI=1S/C18H26N4O3/c1-25-9-8-22-13-15(11-17(22)23)18(24)20-12-14-4-5-19-16(10-14)21-6-2-3-7-21/h4-5,10,15H,2-3,6-9,11-13H2,1H3,(H,20,24)/t15-/m0/s1. The lowest BCUT2D eigenvalue weighted by Gasteiger charge is -2.17. The van der Waals surface area contributed by atoms with Gasteiger partial charge in [-0.1, -0.05) is 0 Å². The molecule has 0 bridgehead atoms. The van der Waals surface area contributed by atoms with E-state index in [0.717, 1.165) is 24.5 Å². The van der Waals surface area contributed by atoms with Crippen molar-refractivity contribution >= 4 is 17.6 Å². The fourth-order valence-corrected chi connectivity index (χ4v) is 3.39. The molecule has 1 atom stereocenters. The molecule has 2 aliphatic heterocycles. The van der Waals surface area contributed by atoms with Crippen LogP contribution >= 0.6 is 0 Å². The molecule has 7 nitrogen and oxygen atoms in total. The maximum Gasteiger partial charge on any atom is 0.225 e. The van der Waals surface area contributed by atoms with Crippen LogP contribution in [-0.4, -0.2) is 61.6 Å². The SMILES string of the molecule is COCCN1C[C@@H](C(=O)NCc2ccnc(N3CCCC3)c2)CC1=O. The lowest BCUT2D eigenvalue weighted by atomic mass is 10.1. The first-order chi connectivity index (χ1) is 12.2. The summed E-state index contributed by atoms with van der Waals surface area (Å²) in [6.07, 6.45) is 4.49. The number of nitrogens with one attached hydrogen (secondary N) is 1. The predicted octanol–water partition coefficient (Wildman–Crippen LogP) is 0.793. The molecule has 25 heavy (non-hydrogen) atoms. The molecule has 1 aromatic heterocycles. The average molecular weight is 346 g/mol. The molecule has 2 amide bonds. The minimum atomic E-state index is -0.274. The van der Waals surface area contributed by atoms with E-state index in [-0.39, 0.29) is 24.2 Å². The minimum absolute atomic E-state index is 0.0254. The Labute approximate surface area is 148 Å². The normalized spacial score (nSPS) is 20.4. The van der Waals surface area contributed by atoms with E-state index in [1.54, 1.807) is 18.2 Å². The summed E-state index contributed by atoms with van der Waals surface area (Å²) in [4.78, 5) is 32.7. The van der Waals surface area contributed by atoms with Gasteiger partial charge in [-0.3, -0.25) is 9.59 Å². The number of hydrogen-bond acceptors (Lipinski definition) is 5. The van der Waals surface area contributed by atoms with Crippen molar-refractivity contribution in [3.63, 3.8) is 0 Å². The Hall–Kier alpha value is -2.15. The molecule has 0 aliphatic carbocycles. The number of amides is 2. The Balaban J connectivity index is 1.51. The Morgan fingerprint density at radius 3 is 2.96 bits per heavy atom. The van der Waals surface area contributed by atoms with Gasteiger partial charge in [-0.05, 0) is 30.5 Å². The number of nitrogens with zero attached hydrogens (tertiary/aromatic N) is 3. The number of methoxy groups -OCH3 is 1. The van der Waals surface area contributed by atoms with Crippen LogP contribution in [0.15, 0.2) is 18.3 Å². The van der Waals surface area contributed by atoms with Crippen molar-refractivity contribution in [2.45, 2.75) is 25.8 Å². The van der Waals surface area contributed by atoms with E-state index in [1.165, 1.54) is 12.8 Å². The topological polar surface area (TPSA) is 74.8 Å². The molecule has 7 heteroatoms. The zero-order valence-corrected chi connectivity index (χ0v) is 14.7. The summed E-state index contributed by atoms with van der Waals surface area (Å²) in [5.74, 6) is 0.667. The van der Waals surface area contributed by atoms with Gasteiger partial charge in [-0.15, -0.1) is 0 Å². The smallest absolute Gasteiger partial charge is 0.225 e. The molecule has 136 valence electrons. The number of carbonyl (C=O) groups is 2. The zero-order valence-electron chi connectivity index (χ0n) is 14.7. The third-order valence-corrected chi connectivity index (χ3v) is 4.86. The molecule has 2 saturated heterocycles. The number of ether oxygens (including phenoxy) is 1. The highest BCUT2D eigenvalue weighted by Gasteiger charge is 2.33. The van der Waals surface area contributed by atoms with Crippen LogP contribution in [0.4, 0.5) is 5.82 Å². The highest BCUT2D eigenvalue weighted by Crippen LogP contribution is 2.20. The Morgan fingerprint density at radius 2 is 2.20 bits per heavy atom. The van der Waals surface area contributed by atoms with Gasteiger partial charge in [0.15, 0.2) is 0 Å². The van der Waals surface area contributed by atoms with E-state index in [4.69, 9.17) is 4.74 Å². The first-order valence-electron chi connectivity index (χ1n) is 8.91. The Kier molecular flexibility index (Phi) is 5.86. The van der Waals surface area contributed by atoms with Crippen LogP contribution in [0, 0.1) is 5.92 Å². The summed E-state index contributed by atoms with van der Waals surface area (Å²) in [6, 6.07) is 3.96. The molecule has 0 saturated carbocycles. The molecule has 0 unspecified atom stereocenters. The van der Waals surface area contributed by atoms with Crippen LogP contribution in [0.3, 0.4) is 0 Å². The summed E-state index contributed by atoms with van der Waals surface area (Å²) in [6.45, 7) is 4.07. The Morgan fingerprint density at radius 1 is 1.40 bits per heavy atom. The van der Waals surface area contributed by atoms with Crippen LogP contribution in [-0.2, 0) is 20.9 Å². The second-order valence-corrected chi connectivity index (χ2v) is 6.67. The summed E-state index contributed by atoms with van der Waals surface area (Å²) < 4.78 is 5.00. The van der Waals surface area contributed by atoms with Gasteiger partial charge in [-0.2, -0.15) is 0 Å². The van der Waals surface area contributed by atoms with E-state index < -0.39 is 0 Å². The number of anilines is 1. The van der Waals surface area contributed by atoms with Crippen molar-refractivity contribution in [1.82, 2.24) is 15.2 Å².